The van der Waals surface area contributed by atoms with Gasteiger partial charge in [-0.3, -0.25) is 14.6 Å². The Balaban J connectivity index is 2.01. The van der Waals surface area contributed by atoms with Gasteiger partial charge in [-0.15, -0.1) is 0 Å². The molecular formula is C13H17N3O2. The van der Waals surface area contributed by atoms with Crippen molar-refractivity contribution in [3.8, 4) is 0 Å². The number of anilines is 1. The number of hydrogen-bond donors (Lipinski definition) is 1. The van der Waals surface area contributed by atoms with Crippen molar-refractivity contribution in [2.75, 3.05) is 18.0 Å². The lowest BCUT2D eigenvalue weighted by atomic mass is 10.2. The highest BCUT2D eigenvalue weighted by Crippen LogP contribution is 2.19. The minimum atomic E-state index is -0.0286. The summed E-state index contributed by atoms with van der Waals surface area (Å²) >= 11 is 0. The molecule has 1 atom stereocenters. The molecule has 1 saturated heterocycles. The third-order valence-corrected chi connectivity index (χ3v) is 3.07. The second-order valence-corrected chi connectivity index (χ2v) is 4.59. The number of carbonyl (C=O) groups is 2. The van der Waals surface area contributed by atoms with E-state index in [0.717, 1.165) is 25.2 Å². The summed E-state index contributed by atoms with van der Waals surface area (Å²) in [6.45, 7) is 4.73. The Kier molecular flexibility index (Phi) is 3.60. The smallest absolute Gasteiger partial charge is 0.217 e. The molecule has 1 aliphatic rings. The number of nitrogens with one attached hydrogen (secondary N) is 1. The zero-order valence-corrected chi connectivity index (χ0v) is 10.6. The van der Waals surface area contributed by atoms with Gasteiger partial charge < -0.3 is 10.2 Å². The number of nitrogens with zero attached hydrogens (tertiary/aromatic N) is 2. The van der Waals surface area contributed by atoms with Gasteiger partial charge in [-0.1, -0.05) is 0 Å². The van der Waals surface area contributed by atoms with E-state index in [0.29, 0.717) is 5.69 Å². The fraction of sp³-hybridized carbons (Fsp3) is 0.462. The first-order valence-electron chi connectivity index (χ1n) is 6.05. The molecule has 2 rings (SSSR count). The highest BCUT2D eigenvalue weighted by molar-refractivity contribution is 5.92. The van der Waals surface area contributed by atoms with E-state index < -0.39 is 0 Å². The van der Waals surface area contributed by atoms with Gasteiger partial charge in [0.2, 0.25) is 5.91 Å². The highest BCUT2D eigenvalue weighted by Gasteiger charge is 2.23. The molecule has 0 saturated carbocycles. The number of Topliss-reactive ketones (excluding diaryl/α,β-unsaturated/α-hetero) is 1. The highest BCUT2D eigenvalue weighted by atomic mass is 16.1. The van der Waals surface area contributed by atoms with Crippen molar-refractivity contribution in [1.82, 2.24) is 10.3 Å². The average molecular weight is 247 g/mol. The Morgan fingerprint density at radius 3 is 2.72 bits per heavy atom. The molecule has 1 fully saturated rings. The Bertz CT molecular complexity index is 456. The first-order valence-corrected chi connectivity index (χ1v) is 6.05. The fourth-order valence-electron chi connectivity index (χ4n) is 2.18. The summed E-state index contributed by atoms with van der Waals surface area (Å²) in [5, 5.41) is 2.92. The molecule has 0 bridgehead atoms. The average Bonchev–Trinajstić information content (AvgIpc) is 2.76. The van der Waals surface area contributed by atoms with Gasteiger partial charge in [0, 0.05) is 33.0 Å². The van der Waals surface area contributed by atoms with E-state index in [1.165, 1.54) is 13.8 Å². The van der Waals surface area contributed by atoms with E-state index in [9.17, 15) is 9.59 Å². The second-order valence-electron chi connectivity index (χ2n) is 4.59. The molecule has 1 amide bonds. The number of ketones is 1. The van der Waals surface area contributed by atoms with Crippen molar-refractivity contribution in [2.24, 2.45) is 0 Å². The van der Waals surface area contributed by atoms with E-state index in [4.69, 9.17) is 0 Å². The molecule has 96 valence electrons. The first kappa shape index (κ1) is 12.5. The summed E-state index contributed by atoms with van der Waals surface area (Å²) in [5.74, 6) is -0.0222. The molecule has 0 aromatic carbocycles. The van der Waals surface area contributed by atoms with Gasteiger partial charge in [0.1, 0.15) is 5.69 Å². The van der Waals surface area contributed by atoms with E-state index in [2.05, 4.69) is 15.2 Å². The van der Waals surface area contributed by atoms with Gasteiger partial charge in [-0.2, -0.15) is 0 Å². The third-order valence-electron chi connectivity index (χ3n) is 3.07. The lowest BCUT2D eigenvalue weighted by Crippen LogP contribution is -2.35. The molecule has 0 aliphatic carbocycles. The minimum Gasteiger partial charge on any atom is -0.368 e. The summed E-state index contributed by atoms with van der Waals surface area (Å²) in [4.78, 5) is 28.4. The van der Waals surface area contributed by atoms with Crippen LogP contribution < -0.4 is 10.2 Å². The zero-order chi connectivity index (χ0) is 13.1. The number of hydrogen-bond acceptors (Lipinski definition) is 4. The van der Waals surface area contributed by atoms with E-state index in [1.54, 1.807) is 12.3 Å². The predicted molar refractivity (Wildman–Crippen MR) is 68.7 cm³/mol. The topological polar surface area (TPSA) is 62.3 Å². The quantitative estimate of drug-likeness (QED) is 0.809. The molecule has 0 radical (unpaired) electrons. The van der Waals surface area contributed by atoms with Gasteiger partial charge in [0.25, 0.3) is 0 Å². The van der Waals surface area contributed by atoms with Crippen LogP contribution in [0.3, 0.4) is 0 Å². The van der Waals surface area contributed by atoms with Crippen molar-refractivity contribution < 1.29 is 9.59 Å². The van der Waals surface area contributed by atoms with Crippen LogP contribution in [0.25, 0.3) is 0 Å². The molecule has 1 N–H and O–H groups in total. The van der Waals surface area contributed by atoms with Gasteiger partial charge in [0.15, 0.2) is 5.78 Å². The number of pyridine rings is 1. The van der Waals surface area contributed by atoms with Crippen LogP contribution in [-0.2, 0) is 4.79 Å². The summed E-state index contributed by atoms with van der Waals surface area (Å²) in [6.07, 6.45) is 2.65. The number of carbonyl (C=O) groups excluding carboxylic acids is 2. The minimum absolute atomic E-state index is 0.00639. The van der Waals surface area contributed by atoms with Crippen molar-refractivity contribution in [2.45, 2.75) is 26.3 Å². The Labute approximate surface area is 106 Å². The molecule has 5 nitrogen and oxygen atoms in total. The van der Waals surface area contributed by atoms with Crippen LogP contribution in [0.5, 0.6) is 0 Å². The lowest BCUT2D eigenvalue weighted by Gasteiger charge is -2.18. The first-order chi connectivity index (χ1) is 8.56. The van der Waals surface area contributed by atoms with Crippen LogP contribution in [0.1, 0.15) is 30.8 Å². The standard InChI is InChI=1S/C13H17N3O2/c1-9(17)13-4-3-12(7-14-13)16-6-5-11(8-16)15-10(2)18/h3-4,7,11H,5-6,8H2,1-2H3,(H,15,18). The van der Waals surface area contributed by atoms with Crippen LogP contribution in [0, 0.1) is 0 Å². The largest absolute Gasteiger partial charge is 0.368 e. The third kappa shape index (κ3) is 2.85. The van der Waals surface area contributed by atoms with Crippen LogP contribution in [-0.4, -0.2) is 35.8 Å². The molecule has 5 heteroatoms. The van der Waals surface area contributed by atoms with Gasteiger partial charge in [-0.05, 0) is 18.6 Å². The number of rotatable bonds is 3. The number of amides is 1. The summed E-state index contributed by atoms with van der Waals surface area (Å²) < 4.78 is 0. The maximum absolute atomic E-state index is 11.1. The van der Waals surface area contributed by atoms with Crippen molar-refractivity contribution in [3.63, 3.8) is 0 Å². The zero-order valence-electron chi connectivity index (χ0n) is 10.6. The molecule has 1 aromatic heterocycles. The Morgan fingerprint density at radius 2 is 2.17 bits per heavy atom. The Morgan fingerprint density at radius 1 is 1.39 bits per heavy atom. The van der Waals surface area contributed by atoms with Crippen molar-refractivity contribution in [3.05, 3.63) is 24.0 Å². The monoisotopic (exact) mass is 247 g/mol. The van der Waals surface area contributed by atoms with Gasteiger partial charge in [0.05, 0.1) is 11.9 Å². The fourth-order valence-corrected chi connectivity index (χ4v) is 2.18. The molecule has 0 spiro atoms. The summed E-state index contributed by atoms with van der Waals surface area (Å²) in [7, 11) is 0. The predicted octanol–water partition coefficient (Wildman–Crippen LogP) is 0.999. The van der Waals surface area contributed by atoms with E-state index in [1.807, 2.05) is 6.07 Å². The van der Waals surface area contributed by atoms with Crippen LogP contribution >= 0.6 is 0 Å². The van der Waals surface area contributed by atoms with Crippen molar-refractivity contribution >= 4 is 17.4 Å². The molecule has 2 heterocycles. The van der Waals surface area contributed by atoms with Crippen LogP contribution in [0.4, 0.5) is 5.69 Å². The molecule has 1 aliphatic heterocycles. The molecule has 1 unspecified atom stereocenters. The second kappa shape index (κ2) is 5.16. The van der Waals surface area contributed by atoms with E-state index in [-0.39, 0.29) is 17.7 Å². The van der Waals surface area contributed by atoms with Crippen LogP contribution in [0.15, 0.2) is 18.3 Å². The summed E-state index contributed by atoms with van der Waals surface area (Å²) in [5.41, 5.74) is 1.48. The van der Waals surface area contributed by atoms with Crippen molar-refractivity contribution in [1.29, 1.82) is 0 Å². The van der Waals surface area contributed by atoms with E-state index >= 15 is 0 Å². The lowest BCUT2D eigenvalue weighted by molar-refractivity contribution is -0.119. The number of aromatic nitrogens is 1. The van der Waals surface area contributed by atoms with Gasteiger partial charge >= 0.3 is 0 Å². The van der Waals surface area contributed by atoms with Gasteiger partial charge in [-0.25, -0.2) is 0 Å². The Hall–Kier alpha value is -1.91. The molecule has 1 aromatic rings. The van der Waals surface area contributed by atoms with Crippen LogP contribution in [0.2, 0.25) is 0 Å². The molecular weight excluding hydrogens is 230 g/mol. The maximum Gasteiger partial charge on any atom is 0.217 e. The SMILES string of the molecule is CC(=O)NC1CCN(c2ccc(C(C)=O)nc2)C1. The molecule has 18 heavy (non-hydrogen) atoms. The summed E-state index contributed by atoms with van der Waals surface area (Å²) in [6, 6.07) is 3.85. The maximum atomic E-state index is 11.1. The normalized spacial score (nSPS) is 18.8.